The van der Waals surface area contributed by atoms with Crippen molar-refractivity contribution in [3.63, 3.8) is 0 Å². The summed E-state index contributed by atoms with van der Waals surface area (Å²) in [7, 11) is 0. The van der Waals surface area contributed by atoms with Gasteiger partial charge in [-0.3, -0.25) is 4.90 Å². The Balaban J connectivity index is 1.71. The molecular formula is C24H25ClFN3O. The summed E-state index contributed by atoms with van der Waals surface area (Å²) in [6, 6.07) is 19.0. The summed E-state index contributed by atoms with van der Waals surface area (Å²) in [6.07, 6.45) is 1.02. The van der Waals surface area contributed by atoms with Crippen LogP contribution in [0, 0.1) is 5.82 Å². The summed E-state index contributed by atoms with van der Waals surface area (Å²) in [5.41, 5.74) is 8.71. The molecule has 2 aromatic carbocycles. The Morgan fingerprint density at radius 2 is 1.97 bits per heavy atom. The molecule has 0 bridgehead atoms. The van der Waals surface area contributed by atoms with Crippen LogP contribution in [0.4, 0.5) is 4.39 Å². The van der Waals surface area contributed by atoms with Crippen molar-refractivity contribution < 1.29 is 9.50 Å². The smallest absolute Gasteiger partial charge is 0.141 e. The van der Waals surface area contributed by atoms with Crippen molar-refractivity contribution in [3.8, 4) is 11.3 Å². The predicted octanol–water partition coefficient (Wildman–Crippen LogP) is 4.65. The minimum atomic E-state index is -1.26. The van der Waals surface area contributed by atoms with E-state index in [0.29, 0.717) is 17.0 Å². The average molecular weight is 426 g/mol. The number of nitrogens with two attached hydrogens (primary N) is 1. The number of nitrogens with zero attached hydrogens (tertiary/aromatic N) is 2. The number of likely N-dealkylation sites (tertiary alicyclic amines) is 1. The number of hydrogen-bond donors (Lipinski definition) is 2. The fraction of sp³-hybridized carbons (Fsp3) is 0.292. The summed E-state index contributed by atoms with van der Waals surface area (Å²) in [5.74, 6) is -0.473. The molecule has 0 aliphatic carbocycles. The van der Waals surface area contributed by atoms with Crippen LogP contribution in [0.25, 0.3) is 11.3 Å². The molecule has 6 heteroatoms. The number of aromatic nitrogens is 1. The highest BCUT2D eigenvalue weighted by Gasteiger charge is 2.32. The lowest BCUT2D eigenvalue weighted by atomic mass is 9.90. The zero-order valence-corrected chi connectivity index (χ0v) is 17.6. The van der Waals surface area contributed by atoms with E-state index in [9.17, 15) is 9.50 Å². The van der Waals surface area contributed by atoms with Gasteiger partial charge < -0.3 is 10.8 Å². The Morgan fingerprint density at radius 1 is 1.20 bits per heavy atom. The fourth-order valence-corrected chi connectivity index (χ4v) is 3.93. The third kappa shape index (κ3) is 4.25. The quantitative estimate of drug-likeness (QED) is 0.603. The van der Waals surface area contributed by atoms with Crippen LogP contribution in [0.5, 0.6) is 0 Å². The van der Waals surface area contributed by atoms with Gasteiger partial charge in [-0.15, -0.1) is 0 Å². The van der Waals surface area contributed by atoms with E-state index in [4.69, 9.17) is 17.3 Å². The molecule has 1 saturated heterocycles. The Hall–Kier alpha value is -2.31. The van der Waals surface area contributed by atoms with Crippen LogP contribution in [0.15, 0.2) is 60.7 Å². The van der Waals surface area contributed by atoms with E-state index >= 15 is 0 Å². The van der Waals surface area contributed by atoms with Crippen LogP contribution in [-0.2, 0) is 12.1 Å². The van der Waals surface area contributed by atoms with Gasteiger partial charge in [0.1, 0.15) is 11.4 Å². The maximum atomic E-state index is 13.7. The highest BCUT2D eigenvalue weighted by molar-refractivity contribution is 6.31. The summed E-state index contributed by atoms with van der Waals surface area (Å²) in [6.45, 7) is 3.56. The maximum Gasteiger partial charge on any atom is 0.141 e. The second-order valence-electron chi connectivity index (χ2n) is 8.04. The standard InChI is InChI=1S/C24H25ClFN3O/c1-24(30,15-27)23-13-18(12-21(28-23)17-7-8-20(26)19(25)11-17)22-9-10-29(22)14-16-5-3-2-4-6-16/h2-8,11-13,22,30H,9-10,14-15,27H2,1H3. The molecule has 3 N–H and O–H groups in total. The van der Waals surface area contributed by atoms with Gasteiger partial charge >= 0.3 is 0 Å². The minimum absolute atomic E-state index is 0.0428. The molecule has 0 radical (unpaired) electrons. The highest BCUT2D eigenvalue weighted by atomic mass is 35.5. The molecule has 1 aliphatic heterocycles. The number of rotatable bonds is 6. The molecular weight excluding hydrogens is 401 g/mol. The van der Waals surface area contributed by atoms with Crippen LogP contribution in [-0.4, -0.2) is 28.1 Å². The van der Waals surface area contributed by atoms with E-state index in [1.807, 2.05) is 30.3 Å². The lowest BCUT2D eigenvalue weighted by Gasteiger charge is -2.42. The summed E-state index contributed by atoms with van der Waals surface area (Å²) in [5, 5.41) is 10.8. The van der Waals surface area contributed by atoms with Gasteiger partial charge in [0, 0.05) is 31.2 Å². The number of pyridine rings is 1. The summed E-state index contributed by atoms with van der Waals surface area (Å²) >= 11 is 5.99. The molecule has 0 amide bonds. The van der Waals surface area contributed by atoms with Crippen LogP contribution >= 0.6 is 11.6 Å². The van der Waals surface area contributed by atoms with Crippen LogP contribution in [0.3, 0.4) is 0 Å². The van der Waals surface area contributed by atoms with E-state index in [-0.39, 0.29) is 17.6 Å². The van der Waals surface area contributed by atoms with Crippen molar-refractivity contribution in [2.75, 3.05) is 13.1 Å². The number of halogens is 2. The third-order valence-corrected chi connectivity index (χ3v) is 6.05. The van der Waals surface area contributed by atoms with Gasteiger partial charge in [0.25, 0.3) is 0 Å². The Bertz CT molecular complexity index is 1040. The molecule has 1 fully saturated rings. The normalized spacial score (nSPS) is 18.6. The van der Waals surface area contributed by atoms with Crippen LogP contribution in [0.1, 0.15) is 36.2 Å². The predicted molar refractivity (Wildman–Crippen MR) is 117 cm³/mol. The first-order chi connectivity index (χ1) is 14.4. The third-order valence-electron chi connectivity index (χ3n) is 5.76. The highest BCUT2D eigenvalue weighted by Crippen LogP contribution is 2.37. The first-order valence-corrected chi connectivity index (χ1v) is 10.4. The van der Waals surface area contributed by atoms with Crippen molar-refractivity contribution in [1.82, 2.24) is 9.88 Å². The van der Waals surface area contributed by atoms with Gasteiger partial charge in [-0.05, 0) is 54.8 Å². The molecule has 1 aromatic heterocycles. The molecule has 2 atom stereocenters. The van der Waals surface area contributed by atoms with Crippen molar-refractivity contribution in [2.45, 2.75) is 31.5 Å². The molecule has 156 valence electrons. The molecule has 2 heterocycles. The first-order valence-electron chi connectivity index (χ1n) is 10.1. The lowest BCUT2D eigenvalue weighted by molar-refractivity contribution is 0.0604. The zero-order valence-electron chi connectivity index (χ0n) is 16.9. The molecule has 4 rings (SSSR count). The fourth-order valence-electron chi connectivity index (χ4n) is 3.75. The Morgan fingerprint density at radius 3 is 2.60 bits per heavy atom. The van der Waals surface area contributed by atoms with E-state index in [2.05, 4.69) is 22.0 Å². The molecule has 3 aromatic rings. The molecule has 1 aliphatic rings. The van der Waals surface area contributed by atoms with Crippen molar-refractivity contribution in [2.24, 2.45) is 5.73 Å². The summed E-state index contributed by atoms with van der Waals surface area (Å²) < 4.78 is 13.7. The van der Waals surface area contributed by atoms with E-state index in [1.54, 1.807) is 19.1 Å². The second-order valence-corrected chi connectivity index (χ2v) is 8.45. The van der Waals surface area contributed by atoms with E-state index in [0.717, 1.165) is 25.1 Å². The minimum Gasteiger partial charge on any atom is -0.383 e. The Kier molecular flexibility index (Phi) is 5.89. The average Bonchev–Trinajstić information content (AvgIpc) is 2.73. The van der Waals surface area contributed by atoms with E-state index < -0.39 is 11.4 Å². The van der Waals surface area contributed by atoms with E-state index in [1.165, 1.54) is 11.6 Å². The van der Waals surface area contributed by atoms with Gasteiger partial charge in [0.05, 0.1) is 16.4 Å². The maximum absolute atomic E-state index is 13.7. The van der Waals surface area contributed by atoms with Crippen LogP contribution < -0.4 is 5.73 Å². The number of hydrogen-bond acceptors (Lipinski definition) is 4. The zero-order chi connectivity index (χ0) is 21.3. The second kappa shape index (κ2) is 8.44. The topological polar surface area (TPSA) is 62.4 Å². The monoisotopic (exact) mass is 425 g/mol. The van der Waals surface area contributed by atoms with Gasteiger partial charge in [-0.2, -0.15) is 0 Å². The molecule has 4 nitrogen and oxygen atoms in total. The van der Waals surface area contributed by atoms with Crippen molar-refractivity contribution in [1.29, 1.82) is 0 Å². The number of benzene rings is 2. The first kappa shape index (κ1) is 20.9. The lowest BCUT2D eigenvalue weighted by Crippen LogP contribution is -2.40. The van der Waals surface area contributed by atoms with Crippen molar-refractivity contribution >= 4 is 11.6 Å². The molecule has 2 unspecified atom stereocenters. The number of aliphatic hydroxyl groups is 1. The van der Waals surface area contributed by atoms with Gasteiger partial charge in [0.2, 0.25) is 0 Å². The molecule has 0 spiro atoms. The van der Waals surface area contributed by atoms with Gasteiger partial charge in [0.15, 0.2) is 0 Å². The summed E-state index contributed by atoms with van der Waals surface area (Å²) in [4.78, 5) is 7.03. The molecule has 30 heavy (non-hydrogen) atoms. The van der Waals surface area contributed by atoms with Crippen LogP contribution in [0.2, 0.25) is 5.02 Å². The SMILES string of the molecule is CC(O)(CN)c1cc(C2CCN2Cc2ccccc2)cc(-c2ccc(F)c(Cl)c2)n1. The largest absolute Gasteiger partial charge is 0.383 e. The molecule has 0 saturated carbocycles. The van der Waals surface area contributed by atoms with Gasteiger partial charge in [-0.1, -0.05) is 41.9 Å². The van der Waals surface area contributed by atoms with Gasteiger partial charge in [-0.25, -0.2) is 9.37 Å². The Labute approximate surface area is 181 Å². The van der Waals surface area contributed by atoms with Crippen molar-refractivity contribution in [3.05, 3.63) is 88.3 Å².